The summed E-state index contributed by atoms with van der Waals surface area (Å²) in [6, 6.07) is 0. The van der Waals surface area contributed by atoms with E-state index in [1.807, 2.05) is 0 Å². The van der Waals surface area contributed by atoms with Crippen molar-refractivity contribution in [3.8, 4) is 0 Å². The Bertz CT molecular complexity index is 57.8. The molecule has 6 heavy (non-hydrogen) atoms. The van der Waals surface area contributed by atoms with Crippen LogP contribution in [-0.4, -0.2) is 5.75 Å². The van der Waals surface area contributed by atoms with Crippen molar-refractivity contribution in [3.05, 3.63) is 11.4 Å². The lowest BCUT2D eigenvalue weighted by Gasteiger charge is -1.72. The molecule has 0 aromatic rings. The Balaban J connectivity index is 3.14. The molecule has 0 unspecified atom stereocenters. The van der Waals surface area contributed by atoms with Crippen LogP contribution in [0, 0.1) is 0 Å². The topological polar surface area (TPSA) is 0 Å². The Morgan fingerprint density at radius 1 is 2.00 bits per heavy atom. The maximum absolute atomic E-state index is 11.3. The third kappa shape index (κ3) is 4.31. The Hall–Kier alpha value is 0.310. The Kier molecular flexibility index (Phi) is 3.68. The standard InChI is InChI=1S/C3H4ClFS/c4-3(5)1-2-6/h1,6H,2H2. The number of hydrogen-bond donors (Lipinski definition) is 1. The zero-order valence-electron chi connectivity index (χ0n) is 2.99. The van der Waals surface area contributed by atoms with Gasteiger partial charge in [0.15, 0.2) is 5.29 Å². The maximum Gasteiger partial charge on any atom is 0.185 e. The molecule has 0 aliphatic rings. The van der Waals surface area contributed by atoms with Gasteiger partial charge in [-0.2, -0.15) is 17.0 Å². The summed E-state index contributed by atoms with van der Waals surface area (Å²) in [4.78, 5) is 0. The summed E-state index contributed by atoms with van der Waals surface area (Å²) in [5.41, 5.74) is 0. The third-order valence-corrected chi connectivity index (χ3v) is 0.582. The molecule has 0 aliphatic heterocycles. The first kappa shape index (κ1) is 6.31. The quantitative estimate of drug-likeness (QED) is 0.511. The maximum atomic E-state index is 11.3. The minimum absolute atomic E-state index is 0.356. The van der Waals surface area contributed by atoms with Crippen molar-refractivity contribution >= 4 is 24.2 Å². The van der Waals surface area contributed by atoms with Crippen LogP contribution in [0.4, 0.5) is 4.39 Å². The van der Waals surface area contributed by atoms with Gasteiger partial charge in [0, 0.05) is 5.75 Å². The van der Waals surface area contributed by atoms with E-state index < -0.39 is 5.29 Å². The summed E-state index contributed by atoms with van der Waals surface area (Å²) in [6.07, 6.45) is 1.17. The second-order valence-electron chi connectivity index (χ2n) is 0.676. The van der Waals surface area contributed by atoms with Gasteiger partial charge >= 0.3 is 0 Å². The lowest BCUT2D eigenvalue weighted by molar-refractivity contribution is 0.693. The molecule has 0 spiro atoms. The molecule has 0 saturated heterocycles. The second-order valence-corrected chi connectivity index (χ2v) is 1.40. The third-order valence-electron chi connectivity index (χ3n) is 0.246. The molecule has 0 amide bonds. The molecule has 0 fully saturated rings. The molecule has 0 atom stereocenters. The molecular weight excluding hydrogens is 123 g/mol. The Morgan fingerprint density at radius 2 is 2.50 bits per heavy atom. The van der Waals surface area contributed by atoms with E-state index >= 15 is 0 Å². The smallest absolute Gasteiger partial charge is 0.185 e. The highest BCUT2D eigenvalue weighted by Crippen LogP contribution is 2.00. The van der Waals surface area contributed by atoms with Crippen molar-refractivity contribution in [1.82, 2.24) is 0 Å². The minimum atomic E-state index is -0.690. The molecule has 0 bridgehead atoms. The van der Waals surface area contributed by atoms with Crippen LogP contribution < -0.4 is 0 Å². The summed E-state index contributed by atoms with van der Waals surface area (Å²) in [7, 11) is 0. The van der Waals surface area contributed by atoms with Gasteiger partial charge in [0.05, 0.1) is 0 Å². The van der Waals surface area contributed by atoms with Crippen LogP contribution in [0.15, 0.2) is 11.4 Å². The molecule has 0 rings (SSSR count). The highest BCUT2D eigenvalue weighted by molar-refractivity contribution is 7.80. The van der Waals surface area contributed by atoms with E-state index in [9.17, 15) is 4.39 Å². The van der Waals surface area contributed by atoms with Gasteiger partial charge in [-0.15, -0.1) is 0 Å². The van der Waals surface area contributed by atoms with E-state index in [1.54, 1.807) is 0 Å². The number of thiol groups is 1. The van der Waals surface area contributed by atoms with Gasteiger partial charge < -0.3 is 0 Å². The second kappa shape index (κ2) is 3.50. The van der Waals surface area contributed by atoms with Gasteiger partial charge in [0.25, 0.3) is 0 Å². The fourth-order valence-corrected chi connectivity index (χ4v) is 0.414. The van der Waals surface area contributed by atoms with E-state index in [0.29, 0.717) is 5.75 Å². The predicted octanol–water partition coefficient (Wildman–Crippen LogP) is 1.97. The van der Waals surface area contributed by atoms with Crippen LogP contribution in [0.25, 0.3) is 0 Å². The fraction of sp³-hybridized carbons (Fsp3) is 0.333. The van der Waals surface area contributed by atoms with E-state index in [4.69, 9.17) is 11.6 Å². The van der Waals surface area contributed by atoms with Crippen LogP contribution in [-0.2, 0) is 0 Å². The van der Waals surface area contributed by atoms with Crippen molar-refractivity contribution in [1.29, 1.82) is 0 Å². The van der Waals surface area contributed by atoms with Crippen LogP contribution in [0.5, 0.6) is 0 Å². The normalized spacial score (nSPS) is 12.2. The van der Waals surface area contributed by atoms with Crippen molar-refractivity contribution in [2.75, 3.05) is 5.75 Å². The molecule has 0 aromatic carbocycles. The van der Waals surface area contributed by atoms with Crippen molar-refractivity contribution in [2.45, 2.75) is 0 Å². The molecule has 3 heteroatoms. The van der Waals surface area contributed by atoms with Gasteiger partial charge in [-0.25, -0.2) is 0 Å². The molecule has 0 aliphatic carbocycles. The summed E-state index contributed by atoms with van der Waals surface area (Å²) in [6.45, 7) is 0. The van der Waals surface area contributed by atoms with Crippen LogP contribution in [0.1, 0.15) is 0 Å². The van der Waals surface area contributed by atoms with Crippen LogP contribution in [0.2, 0.25) is 0 Å². The van der Waals surface area contributed by atoms with Gasteiger partial charge in [0.1, 0.15) is 0 Å². The number of rotatable bonds is 1. The van der Waals surface area contributed by atoms with Crippen molar-refractivity contribution in [2.24, 2.45) is 0 Å². The fourth-order valence-electron chi connectivity index (χ4n) is 0.0690. The van der Waals surface area contributed by atoms with Crippen LogP contribution in [0.3, 0.4) is 0 Å². The first-order valence-corrected chi connectivity index (χ1v) is 2.40. The van der Waals surface area contributed by atoms with Crippen LogP contribution >= 0.6 is 24.2 Å². The average molecular weight is 127 g/mol. The highest BCUT2D eigenvalue weighted by atomic mass is 35.5. The summed E-state index contributed by atoms with van der Waals surface area (Å²) in [5.74, 6) is 0.356. The molecule has 0 nitrogen and oxygen atoms in total. The first-order valence-electron chi connectivity index (χ1n) is 1.39. The summed E-state index contributed by atoms with van der Waals surface area (Å²) in [5, 5.41) is -0.690. The molecule has 0 heterocycles. The monoisotopic (exact) mass is 126 g/mol. The van der Waals surface area contributed by atoms with E-state index in [-0.39, 0.29) is 0 Å². The lowest BCUT2D eigenvalue weighted by atomic mass is 10.7. The Morgan fingerprint density at radius 3 is 2.50 bits per heavy atom. The number of hydrogen-bond acceptors (Lipinski definition) is 1. The van der Waals surface area contributed by atoms with E-state index in [1.165, 1.54) is 6.08 Å². The van der Waals surface area contributed by atoms with Gasteiger partial charge in [0.2, 0.25) is 0 Å². The zero-order chi connectivity index (χ0) is 4.99. The zero-order valence-corrected chi connectivity index (χ0v) is 4.64. The largest absolute Gasteiger partial charge is 0.194 e. The summed E-state index contributed by atoms with van der Waals surface area (Å²) < 4.78 is 11.3. The molecule has 36 valence electrons. The van der Waals surface area contributed by atoms with Crippen molar-refractivity contribution < 1.29 is 4.39 Å². The molecule has 0 radical (unpaired) electrons. The predicted molar refractivity (Wildman–Crippen MR) is 28.9 cm³/mol. The number of halogens is 2. The highest BCUT2D eigenvalue weighted by Gasteiger charge is 1.76. The average Bonchev–Trinajstić information content (AvgIpc) is 1.35. The molecule has 0 N–H and O–H groups in total. The van der Waals surface area contributed by atoms with Gasteiger partial charge in [-0.1, -0.05) is 11.6 Å². The molecule has 0 saturated carbocycles. The molecule has 0 aromatic heterocycles. The van der Waals surface area contributed by atoms with Gasteiger partial charge in [-0.3, -0.25) is 0 Å². The molecular formula is C3H4ClFS. The van der Waals surface area contributed by atoms with Crippen molar-refractivity contribution in [3.63, 3.8) is 0 Å². The van der Waals surface area contributed by atoms with E-state index in [0.717, 1.165) is 0 Å². The SMILES string of the molecule is FC(Cl)=CCS. The lowest BCUT2D eigenvalue weighted by Crippen LogP contribution is -1.57. The Labute approximate surface area is 46.4 Å². The summed E-state index contributed by atoms with van der Waals surface area (Å²) >= 11 is 8.38. The minimum Gasteiger partial charge on any atom is -0.194 e. The van der Waals surface area contributed by atoms with E-state index in [2.05, 4.69) is 12.6 Å². The van der Waals surface area contributed by atoms with Gasteiger partial charge in [-0.05, 0) is 6.08 Å². The first-order chi connectivity index (χ1) is 2.77.